The van der Waals surface area contributed by atoms with E-state index in [1.54, 1.807) is 38.2 Å². The van der Waals surface area contributed by atoms with Gasteiger partial charge in [-0.25, -0.2) is 9.59 Å². The van der Waals surface area contributed by atoms with Gasteiger partial charge >= 0.3 is 17.4 Å². The van der Waals surface area contributed by atoms with Gasteiger partial charge in [-0.05, 0) is 259 Å². The van der Waals surface area contributed by atoms with Crippen LogP contribution in [0, 0.1) is 37.0 Å². The number of piperidine rings is 4. The molecule has 0 radical (unpaired) electrons. The number of aliphatic hydroxyl groups is 4. The van der Waals surface area contributed by atoms with E-state index >= 15 is 0 Å². The summed E-state index contributed by atoms with van der Waals surface area (Å²) >= 11 is 5.65. The van der Waals surface area contributed by atoms with E-state index in [0.29, 0.717) is 123 Å². The number of carbonyl (C=O) groups is 3. The van der Waals surface area contributed by atoms with Gasteiger partial charge in [-0.15, -0.1) is 12.4 Å². The summed E-state index contributed by atoms with van der Waals surface area (Å²) in [5.41, 5.74) is 41.6. The molecule has 5 amide bonds. The van der Waals surface area contributed by atoms with Crippen LogP contribution in [0.1, 0.15) is 202 Å². The van der Waals surface area contributed by atoms with Crippen LogP contribution in [0.4, 0.5) is 14.4 Å². The van der Waals surface area contributed by atoms with Crippen LogP contribution in [0.5, 0.6) is 0 Å². The van der Waals surface area contributed by atoms with Crippen molar-refractivity contribution in [1.29, 1.82) is 0 Å². The van der Waals surface area contributed by atoms with Crippen molar-refractivity contribution in [2.45, 2.75) is 222 Å². The van der Waals surface area contributed by atoms with Crippen LogP contribution in [0.2, 0.25) is 0 Å². The molecule has 4 fully saturated rings. The third-order valence-electron chi connectivity index (χ3n) is 27.7. The van der Waals surface area contributed by atoms with Crippen LogP contribution in [-0.2, 0) is 87.5 Å². The maximum Gasteiger partial charge on any atom is 0.317 e. The van der Waals surface area contributed by atoms with Crippen molar-refractivity contribution in [2.24, 2.45) is 56.4 Å². The number of amides is 5. The molecule has 0 unspecified atom stereocenters. The van der Waals surface area contributed by atoms with Gasteiger partial charge in [0.05, 0.1) is 22.4 Å². The number of methoxy groups -OCH3 is 4. The number of hydrogen-bond donors (Lipinski definition) is 9. The predicted octanol–water partition coefficient (Wildman–Crippen LogP) is 22.7. The summed E-state index contributed by atoms with van der Waals surface area (Å²) < 4.78 is 20.6. The number of benzene rings is 8. The quantitative estimate of drug-likeness (QED) is 0.00250. The normalized spacial score (nSPS) is 17.5. The Labute approximate surface area is 904 Å². The van der Waals surface area contributed by atoms with Crippen molar-refractivity contribution in [3.8, 4) is 0 Å². The van der Waals surface area contributed by atoms with Gasteiger partial charge in [0, 0.05) is 205 Å². The number of halogens is 2. The van der Waals surface area contributed by atoms with Crippen LogP contribution in [0.15, 0.2) is 258 Å². The molecule has 29 nitrogen and oxygen atoms in total. The Kier molecular flexibility index (Phi) is 69.6. The smallest absolute Gasteiger partial charge is 0.317 e. The average Bonchev–Trinajstić information content (AvgIpc) is 0.769. The summed E-state index contributed by atoms with van der Waals surface area (Å²) in [6.07, 6.45) is 20.5. The van der Waals surface area contributed by atoms with Crippen molar-refractivity contribution in [3.05, 3.63) is 326 Å². The fourth-order valence-electron chi connectivity index (χ4n) is 19.6. The van der Waals surface area contributed by atoms with Gasteiger partial charge in [0.1, 0.15) is 0 Å². The topological polar surface area (TPSA) is 416 Å². The number of nitrogens with one attached hydrogen (secondary N) is 3. The molecule has 4 aliphatic rings. The first-order valence-corrected chi connectivity index (χ1v) is 52.6. The van der Waals surface area contributed by atoms with E-state index in [2.05, 4.69) is 115 Å². The predicted molar refractivity (Wildman–Crippen MR) is 597 cm³/mol. The minimum atomic E-state index is -1.01. The second-order valence-corrected chi connectivity index (χ2v) is 38.4. The van der Waals surface area contributed by atoms with E-state index in [1.165, 1.54) is 30.8 Å². The molecule has 4 heterocycles. The van der Waals surface area contributed by atoms with Crippen molar-refractivity contribution in [3.63, 3.8) is 0 Å². The number of ether oxygens (including phenoxy) is 4. The number of azide groups is 3. The van der Waals surface area contributed by atoms with Crippen molar-refractivity contribution in [1.82, 2.24) is 35.6 Å². The van der Waals surface area contributed by atoms with Crippen LogP contribution in [0.3, 0.4) is 0 Å². The van der Waals surface area contributed by atoms with E-state index in [0.717, 1.165) is 175 Å². The van der Waals surface area contributed by atoms with Gasteiger partial charge in [-0.2, -0.15) is 0 Å². The van der Waals surface area contributed by atoms with Crippen molar-refractivity contribution >= 4 is 41.4 Å². The number of rotatable bonds is 48. The van der Waals surface area contributed by atoms with E-state index < -0.39 is 27.8 Å². The molecule has 0 spiro atoms. The Morgan fingerprint density at radius 2 is 0.728 bits per heavy atom. The van der Waals surface area contributed by atoms with Gasteiger partial charge in [0.25, 0.3) is 0 Å². The Balaban J connectivity index is 0.000000607. The number of urea groups is 2. The Bertz CT molecular complexity index is 4790. The monoisotopic (exact) mass is 2160 g/mol. The number of carbonyl (C=O) groups excluding carboxylic acids is 3. The summed E-state index contributed by atoms with van der Waals surface area (Å²) in [7, 11) is 6.81. The summed E-state index contributed by atoms with van der Waals surface area (Å²) in [5.74, 6) is 0.632. The Hall–Kier alpha value is -9.54. The zero-order valence-corrected chi connectivity index (χ0v) is 92.0. The standard InChI is InChI=1S/C27H37N5O3.C27H39N3O3.C18H26ClNO3.C17H27NO2.C10H13N3.C9H12N4.C6H15N.CH3.ClH.Pd.H2/c1-35-18-9-8-16-27(34,23-13-6-3-7-14-23)24-15-10-17-32(21-24)26(33)30-25(20-29-31-28)19-22-11-4-2-5-12-22;1-33-18-9-8-16-27(32,23-13-6-3-7-14-23)24-15-10-17-30(21-24)26(31)29-25(20-28)19-22-11-4-2-5-12-22;1-23-13-6-5-11-18(22,15-8-3-2-4-9-15)16-10-7-12-20(14-16)17(19)21;1-20-13-6-5-11-17(19,15-8-3-2-4-9-15)16-10-7-12-18-14-16;1-9(8-12-13-11)7-10-5-3-2-4-6-10;10-9(7-12-13-11)6-8-4-2-1-3-5-8;1-4-7(5-2)6-3;;;;/h2-7,11-14,24-25,34H,8-10,15-21H2,1H3,(H,30,33);2-7,11-14,24-25,32H,8-10,15-21,28H2,1H3,(H,29,31);2-4,8-9,16,22H,5-7,10-14H2,1H3;2-4,8-9,16,18-19H,5-7,10-14H2,1H3;2-6,9H,7-8H2,1H3;1-5,9H,6-7,10H2;4-6H2,1-3H3;1H3;1H;;1H/q;;;;;;;-1;;;/t2*24-,25+,27-;16-,18-;16-,17-;2*9-;;;;;/m111100...../s1. The molecular formula is C115H175Cl2N18O11Pd-. The molecule has 12 atom stereocenters. The van der Waals surface area contributed by atoms with Crippen molar-refractivity contribution in [2.75, 3.05) is 153 Å². The molecule has 8 aromatic carbocycles. The molecule has 32 heteroatoms. The van der Waals surface area contributed by atoms with Crippen LogP contribution in [0.25, 0.3) is 31.3 Å². The first kappa shape index (κ1) is 132. The largest absolute Gasteiger partial charge is 0.385 e. The molecule has 4 saturated heterocycles. The summed E-state index contributed by atoms with van der Waals surface area (Å²) in [6.45, 7) is 22.0. The second-order valence-electron chi connectivity index (χ2n) is 38.1. The maximum absolute atomic E-state index is 13.3. The third kappa shape index (κ3) is 49.0. The van der Waals surface area contributed by atoms with E-state index in [4.69, 9.17) is 58.6 Å². The van der Waals surface area contributed by atoms with Crippen LogP contribution < -0.4 is 27.4 Å². The molecule has 8 aromatic rings. The summed E-state index contributed by atoms with van der Waals surface area (Å²) in [4.78, 5) is 53.8. The molecule has 0 bridgehead atoms. The number of unbranched alkanes of at least 4 members (excludes halogenated alkanes) is 4. The molecule has 0 saturated carbocycles. The van der Waals surface area contributed by atoms with Gasteiger partial charge in [-0.1, -0.05) is 286 Å². The SMILES string of the molecule is CCN(CC)CC.COCCCC[C@@](O)(c1ccccc1)[C@@H]1CCCN(C(=O)Cl)C1.COCCCC[C@@](O)(c1ccccc1)[C@@H]1CCCN(C(=O)N[C@H](CN)Cc2ccccc2)C1.COCCCC[C@@](O)(c1ccccc1)[C@@H]1CCCN(C(=O)N[C@H](CN=[N+]=[N-])Cc2ccccc2)C1.COCCCC[C@@](O)(c1ccccc1)[C@@H]1CCCNC1.C[C@H](CN=[N+]=[N-])Cc1ccccc1.Cl.[CH3-].[HH].[N-]=[N+]=NC[C@@H](N)Cc1ccccc1.[Pd]. The fraction of sp³-hybridized carbons (Fsp3) is 0.548. The van der Waals surface area contributed by atoms with E-state index in [-0.39, 0.29) is 96.2 Å². The second kappa shape index (κ2) is 77.8. The van der Waals surface area contributed by atoms with E-state index in [1.807, 2.05) is 211 Å². The molecular weight excluding hydrogens is 1990 g/mol. The number of nitrogens with zero attached hydrogens (tertiary/aromatic N) is 13. The van der Waals surface area contributed by atoms with Crippen LogP contribution >= 0.6 is 24.0 Å². The molecule has 0 aliphatic carbocycles. The Morgan fingerprint density at radius 3 is 1.03 bits per heavy atom. The third-order valence-corrected chi connectivity index (χ3v) is 27.9. The minimum Gasteiger partial charge on any atom is -0.385 e. The number of likely N-dealkylation sites (tertiary alicyclic amines) is 3. The molecule has 816 valence electrons. The molecule has 11 N–H and O–H groups in total. The molecule has 12 rings (SSSR count). The molecule has 0 aromatic heterocycles. The minimum absolute atomic E-state index is 0. The van der Waals surface area contributed by atoms with Gasteiger partial charge < -0.3 is 93.8 Å². The first-order chi connectivity index (χ1) is 70.0. The van der Waals surface area contributed by atoms with Crippen molar-refractivity contribution < 1.29 is 75.6 Å². The number of hydrogen-bond acceptors (Lipinski definition) is 18. The molecule has 147 heavy (non-hydrogen) atoms. The summed E-state index contributed by atoms with van der Waals surface area (Å²) in [5, 5.41) is 66.5. The zero-order valence-electron chi connectivity index (χ0n) is 88.8. The van der Waals surface area contributed by atoms with Gasteiger partial charge in [0.15, 0.2) is 0 Å². The maximum atomic E-state index is 13.3. The Morgan fingerprint density at radius 1 is 0.442 bits per heavy atom. The average molecular weight is 2160 g/mol. The first-order valence-electron chi connectivity index (χ1n) is 52.2. The summed E-state index contributed by atoms with van der Waals surface area (Å²) in [6, 6.07) is 78.9. The van der Waals surface area contributed by atoms with Gasteiger partial charge in [-0.3, -0.25) is 4.79 Å². The molecule has 4 aliphatic heterocycles. The fourth-order valence-corrected chi connectivity index (χ4v) is 19.7. The van der Waals surface area contributed by atoms with Gasteiger partial charge in [0.2, 0.25) is 0 Å². The zero-order chi connectivity index (χ0) is 104. The van der Waals surface area contributed by atoms with E-state index in [9.17, 15) is 34.8 Å². The number of nitrogens with two attached hydrogens (primary N) is 2. The van der Waals surface area contributed by atoms with Crippen LogP contribution in [-0.4, -0.2) is 229 Å².